The van der Waals surface area contributed by atoms with E-state index in [0.29, 0.717) is 4.57 Å². The van der Waals surface area contributed by atoms with Crippen molar-refractivity contribution < 1.29 is 18.4 Å². The van der Waals surface area contributed by atoms with Crippen LogP contribution < -0.4 is 11.1 Å². The first-order valence-electron chi connectivity index (χ1n) is 4.76. The van der Waals surface area contributed by atoms with Crippen LogP contribution in [0, 0.1) is 0 Å². The van der Waals surface area contributed by atoms with Crippen LogP contribution in [0.25, 0.3) is 11.0 Å². The predicted molar refractivity (Wildman–Crippen MR) is 55.6 cm³/mol. The lowest BCUT2D eigenvalue weighted by molar-refractivity contribution is -0.136. The Morgan fingerprint density at radius 1 is 1.17 bits per heavy atom. The van der Waals surface area contributed by atoms with Crippen LogP contribution in [-0.2, 0) is 13.2 Å². The van der Waals surface area contributed by atoms with Crippen molar-refractivity contribution >= 4 is 11.0 Å². The number of para-hydroxylation sites is 1. The largest absolute Gasteiger partial charge is 0.425 e. The van der Waals surface area contributed by atoms with Gasteiger partial charge >= 0.3 is 17.3 Å². The van der Waals surface area contributed by atoms with Gasteiger partial charge in [-0.15, -0.1) is 4.73 Å². The lowest BCUT2D eigenvalue weighted by Gasteiger charge is -2.13. The molecule has 18 heavy (non-hydrogen) atoms. The number of hydrogen-bond acceptors (Lipinski definition) is 3. The average Bonchev–Trinajstić information content (AvgIpc) is 2.31. The number of fused-ring (bicyclic) bond motifs is 1. The van der Waals surface area contributed by atoms with Gasteiger partial charge in [0.15, 0.2) is 0 Å². The molecule has 0 saturated carbocycles. The lowest BCUT2D eigenvalue weighted by Crippen LogP contribution is -2.40. The summed E-state index contributed by atoms with van der Waals surface area (Å²) in [4.78, 5) is 22.6. The zero-order valence-corrected chi connectivity index (χ0v) is 9.02. The van der Waals surface area contributed by atoms with E-state index in [9.17, 15) is 28.0 Å². The molecule has 0 unspecified atom stereocenters. The Morgan fingerprint density at radius 2 is 1.78 bits per heavy atom. The summed E-state index contributed by atoms with van der Waals surface area (Å²) in [5.74, 6) is 0. The van der Waals surface area contributed by atoms with Gasteiger partial charge in [-0.05, 0) is 12.1 Å². The maximum absolute atomic E-state index is 12.8. The van der Waals surface area contributed by atoms with Gasteiger partial charge in [-0.2, -0.15) is 13.2 Å². The third-order valence-electron chi connectivity index (χ3n) is 2.56. The predicted octanol–water partition coefficient (Wildman–Crippen LogP) is 0.956. The molecule has 0 bridgehead atoms. The van der Waals surface area contributed by atoms with Gasteiger partial charge < -0.3 is 9.77 Å². The minimum absolute atomic E-state index is 0.0765. The van der Waals surface area contributed by atoms with Crippen LogP contribution in [0.1, 0.15) is 5.56 Å². The molecule has 0 saturated heterocycles. The van der Waals surface area contributed by atoms with E-state index < -0.39 is 28.4 Å². The fourth-order valence-corrected chi connectivity index (χ4v) is 1.73. The summed E-state index contributed by atoms with van der Waals surface area (Å²) in [5.41, 5.74) is -4.55. The maximum Gasteiger partial charge on any atom is 0.418 e. The van der Waals surface area contributed by atoms with Crippen molar-refractivity contribution in [2.75, 3.05) is 0 Å². The van der Waals surface area contributed by atoms with Crippen molar-refractivity contribution in [3.63, 3.8) is 0 Å². The van der Waals surface area contributed by atoms with E-state index in [4.69, 9.17) is 0 Å². The van der Waals surface area contributed by atoms with Crippen molar-refractivity contribution in [3.05, 3.63) is 44.5 Å². The minimum atomic E-state index is -4.69. The van der Waals surface area contributed by atoms with Crippen LogP contribution in [0.15, 0.2) is 27.8 Å². The molecule has 0 aliphatic rings. The summed E-state index contributed by atoms with van der Waals surface area (Å²) < 4.78 is 38.8. The molecule has 0 aliphatic carbocycles. The number of aryl methyl sites for hydroxylation is 1. The second-order valence-electron chi connectivity index (χ2n) is 3.65. The highest BCUT2D eigenvalue weighted by atomic mass is 19.4. The van der Waals surface area contributed by atoms with Gasteiger partial charge in [0.25, 0.3) is 0 Å². The van der Waals surface area contributed by atoms with Crippen LogP contribution in [0.4, 0.5) is 13.2 Å². The molecular formula is C10H7F3N2O3. The lowest BCUT2D eigenvalue weighted by atomic mass is 10.1. The van der Waals surface area contributed by atoms with Gasteiger partial charge in [0, 0.05) is 7.05 Å². The van der Waals surface area contributed by atoms with Gasteiger partial charge in [0.1, 0.15) is 5.52 Å². The first-order chi connectivity index (χ1) is 8.25. The molecule has 0 spiro atoms. The van der Waals surface area contributed by atoms with Crippen LogP contribution >= 0.6 is 0 Å². The molecule has 1 aromatic heterocycles. The van der Waals surface area contributed by atoms with E-state index in [1.807, 2.05) is 0 Å². The number of benzene rings is 1. The molecular weight excluding hydrogens is 253 g/mol. The monoisotopic (exact) mass is 260 g/mol. The molecule has 1 heterocycles. The van der Waals surface area contributed by atoms with Crippen molar-refractivity contribution in [2.24, 2.45) is 7.05 Å². The Labute approximate surface area is 97.3 Å². The standard InChI is InChI=1S/C10H7F3N2O3/c1-14-7-5(10(11,12)13)3-2-4-6(7)15(18)9(17)8(14)16/h2-4,18H,1H3. The zero-order chi connectivity index (χ0) is 13.7. The summed E-state index contributed by atoms with van der Waals surface area (Å²) in [6.45, 7) is 0. The number of halogens is 3. The number of hydrogen-bond donors (Lipinski definition) is 1. The summed E-state index contributed by atoms with van der Waals surface area (Å²) in [7, 11) is 1.04. The molecule has 0 atom stereocenters. The second kappa shape index (κ2) is 3.62. The van der Waals surface area contributed by atoms with Crippen molar-refractivity contribution in [2.45, 2.75) is 6.18 Å². The smallest absolute Gasteiger partial charge is 0.418 e. The van der Waals surface area contributed by atoms with Gasteiger partial charge in [-0.3, -0.25) is 9.59 Å². The minimum Gasteiger partial charge on any atom is -0.425 e. The summed E-state index contributed by atoms with van der Waals surface area (Å²) in [6.07, 6.45) is -4.69. The normalized spacial score (nSPS) is 12.0. The molecule has 2 aromatic rings. The molecule has 0 amide bonds. The summed E-state index contributed by atoms with van der Waals surface area (Å²) in [5, 5.41) is 9.38. The van der Waals surface area contributed by atoms with Gasteiger partial charge in [0.05, 0.1) is 11.1 Å². The van der Waals surface area contributed by atoms with Gasteiger partial charge in [-0.1, -0.05) is 6.07 Å². The maximum atomic E-state index is 12.8. The molecule has 0 radical (unpaired) electrons. The summed E-state index contributed by atoms with van der Waals surface area (Å²) >= 11 is 0. The number of aromatic nitrogens is 2. The quantitative estimate of drug-likeness (QED) is 0.566. The molecule has 1 aromatic carbocycles. The van der Waals surface area contributed by atoms with E-state index in [1.165, 1.54) is 0 Å². The van der Waals surface area contributed by atoms with Gasteiger partial charge in [-0.25, -0.2) is 0 Å². The molecule has 0 aliphatic heterocycles. The van der Waals surface area contributed by atoms with E-state index in [0.717, 1.165) is 25.2 Å². The molecule has 96 valence electrons. The molecule has 0 fully saturated rings. The van der Waals surface area contributed by atoms with Crippen molar-refractivity contribution in [1.82, 2.24) is 9.30 Å². The second-order valence-corrected chi connectivity index (χ2v) is 3.65. The number of alkyl halides is 3. The summed E-state index contributed by atoms with van der Waals surface area (Å²) in [6, 6.07) is 2.93. The molecule has 1 N–H and O–H groups in total. The van der Waals surface area contributed by atoms with E-state index in [1.54, 1.807) is 0 Å². The Bertz CT molecular complexity index is 743. The topological polar surface area (TPSA) is 64.2 Å². The Morgan fingerprint density at radius 3 is 2.33 bits per heavy atom. The fraction of sp³-hybridized carbons (Fsp3) is 0.200. The Kier molecular flexibility index (Phi) is 2.46. The van der Waals surface area contributed by atoms with Crippen molar-refractivity contribution in [3.8, 4) is 0 Å². The molecule has 5 nitrogen and oxygen atoms in total. The zero-order valence-electron chi connectivity index (χ0n) is 9.02. The highest BCUT2D eigenvalue weighted by Crippen LogP contribution is 2.33. The number of nitrogens with zero attached hydrogens (tertiary/aromatic N) is 2. The molecule has 8 heteroatoms. The van der Waals surface area contributed by atoms with E-state index in [-0.39, 0.29) is 10.2 Å². The highest BCUT2D eigenvalue weighted by molar-refractivity contribution is 5.79. The average molecular weight is 260 g/mol. The van der Waals surface area contributed by atoms with E-state index in [2.05, 4.69) is 0 Å². The van der Waals surface area contributed by atoms with Gasteiger partial charge in [0.2, 0.25) is 0 Å². The molecule has 2 rings (SSSR count). The van der Waals surface area contributed by atoms with Crippen LogP contribution in [0.5, 0.6) is 0 Å². The van der Waals surface area contributed by atoms with Crippen molar-refractivity contribution in [1.29, 1.82) is 0 Å². The Balaban J connectivity index is 3.13. The first-order valence-corrected chi connectivity index (χ1v) is 4.76. The first kappa shape index (κ1) is 12.2. The van der Waals surface area contributed by atoms with Crippen LogP contribution in [0.2, 0.25) is 0 Å². The SMILES string of the molecule is Cn1c(=O)c(=O)n(O)c2cccc(C(F)(F)F)c21. The van der Waals surface area contributed by atoms with Crippen LogP contribution in [0.3, 0.4) is 0 Å². The van der Waals surface area contributed by atoms with Crippen LogP contribution in [-0.4, -0.2) is 14.5 Å². The fourth-order valence-electron chi connectivity index (χ4n) is 1.73. The third-order valence-corrected chi connectivity index (χ3v) is 2.56. The number of rotatable bonds is 0. The van der Waals surface area contributed by atoms with E-state index >= 15 is 0 Å². The Hall–Kier alpha value is -2.25. The highest BCUT2D eigenvalue weighted by Gasteiger charge is 2.34. The third kappa shape index (κ3) is 1.57.